The van der Waals surface area contributed by atoms with E-state index in [-0.39, 0.29) is 11.8 Å². The molecule has 0 bridgehead atoms. The smallest absolute Gasteiger partial charge is 0.248 e. The molecular weight excluding hydrogens is 292 g/mol. The molecule has 3 rings (SSSR count). The Labute approximate surface area is 134 Å². The molecule has 3 aromatic rings. The molecule has 2 aromatic carbocycles. The number of carbonyl (C=O) groups is 2. The van der Waals surface area contributed by atoms with E-state index in [2.05, 4.69) is 10.2 Å². The number of nitrogens with two attached hydrogens (primary N) is 2. The predicted octanol–water partition coefficient (Wildman–Crippen LogP) is 1.98. The molecule has 0 aliphatic rings. The average Bonchev–Trinajstić information content (AvgIpc) is 3.17. The Hall–Kier alpha value is -3.41. The zero-order valence-electron chi connectivity index (χ0n) is 12.4. The number of hydrogen-bond donors (Lipinski definition) is 3. The lowest BCUT2D eigenvalue weighted by Crippen LogP contribution is -2.09. The molecule has 0 fully saturated rings. The number of aromatic amines is 1. The summed E-state index contributed by atoms with van der Waals surface area (Å²) in [7, 11) is 0. The second-order valence-electron chi connectivity index (χ2n) is 4.23. The highest BCUT2D eigenvalue weighted by Crippen LogP contribution is 1.95. The summed E-state index contributed by atoms with van der Waals surface area (Å²) in [6.07, 6.45) is 3.46. The number of nitrogens with zero attached hydrogens (tertiary/aromatic N) is 1. The summed E-state index contributed by atoms with van der Waals surface area (Å²) in [5.41, 5.74) is 11.1. The molecular formula is C17H18N4O2. The van der Waals surface area contributed by atoms with Crippen molar-refractivity contribution in [1.29, 1.82) is 0 Å². The first-order chi connectivity index (χ1) is 11.1. The second-order valence-corrected chi connectivity index (χ2v) is 4.23. The summed E-state index contributed by atoms with van der Waals surface area (Å²) in [5.74, 6) is -0.758. The van der Waals surface area contributed by atoms with E-state index < -0.39 is 0 Å². The highest BCUT2D eigenvalue weighted by atomic mass is 16.1. The first-order valence-electron chi connectivity index (χ1n) is 6.74. The van der Waals surface area contributed by atoms with Gasteiger partial charge in [0.2, 0.25) is 11.8 Å². The van der Waals surface area contributed by atoms with Gasteiger partial charge in [-0.15, -0.1) is 0 Å². The van der Waals surface area contributed by atoms with Gasteiger partial charge in [0.05, 0.1) is 0 Å². The van der Waals surface area contributed by atoms with E-state index in [9.17, 15) is 9.59 Å². The van der Waals surface area contributed by atoms with Gasteiger partial charge in [-0.1, -0.05) is 36.4 Å². The van der Waals surface area contributed by atoms with Crippen LogP contribution in [0.4, 0.5) is 0 Å². The summed E-state index contributed by atoms with van der Waals surface area (Å²) >= 11 is 0. The summed E-state index contributed by atoms with van der Waals surface area (Å²) in [6.45, 7) is 0. The van der Waals surface area contributed by atoms with Crippen LogP contribution >= 0.6 is 0 Å². The fraction of sp³-hybridized carbons (Fsp3) is 0. The number of benzene rings is 2. The van der Waals surface area contributed by atoms with Gasteiger partial charge in [-0.3, -0.25) is 14.7 Å². The normalized spacial score (nSPS) is 8.70. The van der Waals surface area contributed by atoms with Crippen molar-refractivity contribution < 1.29 is 9.59 Å². The quantitative estimate of drug-likeness (QED) is 0.672. The van der Waals surface area contributed by atoms with Gasteiger partial charge in [-0.25, -0.2) is 0 Å². The van der Waals surface area contributed by atoms with Gasteiger partial charge in [-0.2, -0.15) is 5.10 Å². The highest BCUT2D eigenvalue weighted by Gasteiger charge is 1.94. The first-order valence-corrected chi connectivity index (χ1v) is 6.74. The number of primary amides is 2. The number of carbonyl (C=O) groups excluding carboxylic acids is 2. The van der Waals surface area contributed by atoms with Crippen molar-refractivity contribution in [3.8, 4) is 0 Å². The molecule has 118 valence electrons. The SMILES string of the molecule is NC(=O)c1ccccc1.NC(=O)c1ccccc1.c1cn[nH]c1. The minimum absolute atomic E-state index is 0.379. The Balaban J connectivity index is 0.000000180. The van der Waals surface area contributed by atoms with Gasteiger partial charge < -0.3 is 11.5 Å². The van der Waals surface area contributed by atoms with Crippen molar-refractivity contribution in [2.45, 2.75) is 0 Å². The zero-order valence-corrected chi connectivity index (χ0v) is 12.4. The van der Waals surface area contributed by atoms with Crippen LogP contribution in [0.1, 0.15) is 20.7 Å². The maximum Gasteiger partial charge on any atom is 0.248 e. The van der Waals surface area contributed by atoms with Gasteiger partial charge in [0.1, 0.15) is 0 Å². The third kappa shape index (κ3) is 7.81. The Bertz CT molecular complexity index is 616. The molecule has 6 heteroatoms. The molecule has 2 amide bonds. The number of nitrogens with one attached hydrogen (secondary N) is 1. The molecule has 1 aromatic heterocycles. The van der Waals surface area contributed by atoms with Crippen molar-refractivity contribution >= 4 is 11.8 Å². The minimum atomic E-state index is -0.379. The Morgan fingerprint density at radius 3 is 1.35 bits per heavy atom. The third-order valence-electron chi connectivity index (χ3n) is 2.52. The molecule has 5 N–H and O–H groups in total. The van der Waals surface area contributed by atoms with Crippen molar-refractivity contribution in [3.63, 3.8) is 0 Å². The van der Waals surface area contributed by atoms with Crippen LogP contribution in [-0.4, -0.2) is 22.0 Å². The number of amides is 2. The van der Waals surface area contributed by atoms with Gasteiger partial charge in [0.25, 0.3) is 0 Å². The molecule has 0 saturated heterocycles. The van der Waals surface area contributed by atoms with E-state index in [1.165, 1.54) is 0 Å². The topological polar surface area (TPSA) is 115 Å². The number of aromatic nitrogens is 2. The molecule has 0 atom stereocenters. The van der Waals surface area contributed by atoms with Gasteiger partial charge >= 0.3 is 0 Å². The van der Waals surface area contributed by atoms with Crippen molar-refractivity contribution in [2.75, 3.05) is 0 Å². The fourth-order valence-electron chi connectivity index (χ4n) is 1.42. The standard InChI is InChI=1S/2C7H7NO.C3H4N2/c2*8-7(9)6-4-2-1-3-5-6;1-2-4-5-3-1/h2*1-5H,(H2,8,9);1-3H,(H,4,5). The van der Waals surface area contributed by atoms with Crippen LogP contribution in [0, 0.1) is 0 Å². The van der Waals surface area contributed by atoms with E-state index in [1.54, 1.807) is 60.9 Å². The van der Waals surface area contributed by atoms with E-state index in [1.807, 2.05) is 18.2 Å². The van der Waals surface area contributed by atoms with Gasteiger partial charge in [0, 0.05) is 23.5 Å². The highest BCUT2D eigenvalue weighted by molar-refractivity contribution is 5.93. The number of hydrogen-bond acceptors (Lipinski definition) is 3. The van der Waals surface area contributed by atoms with E-state index >= 15 is 0 Å². The Morgan fingerprint density at radius 2 is 1.17 bits per heavy atom. The molecule has 6 nitrogen and oxygen atoms in total. The van der Waals surface area contributed by atoms with Crippen LogP contribution in [0.2, 0.25) is 0 Å². The van der Waals surface area contributed by atoms with Crippen LogP contribution in [0.3, 0.4) is 0 Å². The number of H-pyrrole nitrogens is 1. The molecule has 1 heterocycles. The molecule has 0 spiro atoms. The third-order valence-corrected chi connectivity index (χ3v) is 2.52. The van der Waals surface area contributed by atoms with E-state index in [4.69, 9.17) is 11.5 Å². The Morgan fingerprint density at radius 1 is 0.739 bits per heavy atom. The summed E-state index contributed by atoms with van der Waals surface area (Å²) in [6, 6.07) is 19.4. The molecule has 0 unspecified atom stereocenters. The molecule has 23 heavy (non-hydrogen) atoms. The van der Waals surface area contributed by atoms with Crippen LogP contribution in [0.25, 0.3) is 0 Å². The summed E-state index contributed by atoms with van der Waals surface area (Å²) in [4.78, 5) is 20.8. The lowest BCUT2D eigenvalue weighted by Gasteiger charge is -1.89. The predicted molar refractivity (Wildman–Crippen MR) is 88.5 cm³/mol. The second kappa shape index (κ2) is 10.3. The van der Waals surface area contributed by atoms with E-state index in [0.29, 0.717) is 11.1 Å². The summed E-state index contributed by atoms with van der Waals surface area (Å²) < 4.78 is 0. The van der Waals surface area contributed by atoms with Crippen molar-refractivity contribution in [1.82, 2.24) is 10.2 Å². The van der Waals surface area contributed by atoms with Crippen molar-refractivity contribution in [2.24, 2.45) is 11.5 Å². The maximum absolute atomic E-state index is 10.4. The molecule has 0 saturated carbocycles. The Kier molecular flexibility index (Phi) is 7.93. The largest absolute Gasteiger partial charge is 0.366 e. The van der Waals surface area contributed by atoms with Crippen molar-refractivity contribution in [3.05, 3.63) is 90.3 Å². The number of rotatable bonds is 2. The minimum Gasteiger partial charge on any atom is -0.366 e. The maximum atomic E-state index is 10.4. The van der Waals surface area contributed by atoms with Gasteiger partial charge in [-0.05, 0) is 30.3 Å². The van der Waals surface area contributed by atoms with Crippen LogP contribution < -0.4 is 11.5 Å². The van der Waals surface area contributed by atoms with Crippen LogP contribution in [0.5, 0.6) is 0 Å². The van der Waals surface area contributed by atoms with Crippen LogP contribution in [-0.2, 0) is 0 Å². The van der Waals surface area contributed by atoms with E-state index in [0.717, 1.165) is 0 Å². The summed E-state index contributed by atoms with van der Waals surface area (Å²) in [5, 5.41) is 6.21. The molecule has 0 radical (unpaired) electrons. The molecule has 0 aliphatic heterocycles. The molecule has 0 aliphatic carbocycles. The fourth-order valence-corrected chi connectivity index (χ4v) is 1.42. The van der Waals surface area contributed by atoms with Crippen LogP contribution in [0.15, 0.2) is 79.1 Å². The lowest BCUT2D eigenvalue weighted by atomic mass is 10.2. The first kappa shape index (κ1) is 17.6. The zero-order chi connectivity index (χ0) is 16.9. The monoisotopic (exact) mass is 310 g/mol. The average molecular weight is 310 g/mol. The lowest BCUT2D eigenvalue weighted by molar-refractivity contribution is 0.0992. The van der Waals surface area contributed by atoms with Gasteiger partial charge in [0.15, 0.2) is 0 Å².